The molecule has 37 heavy (non-hydrogen) atoms. The number of rotatable bonds is 4. The summed E-state index contributed by atoms with van der Waals surface area (Å²) in [6.07, 6.45) is 7.79. The second kappa shape index (κ2) is 14.6. The molecule has 0 radical (unpaired) electrons. The predicted molar refractivity (Wildman–Crippen MR) is 142 cm³/mol. The van der Waals surface area contributed by atoms with Crippen LogP contribution in [0.4, 0.5) is 4.79 Å². The van der Waals surface area contributed by atoms with Crippen LogP contribution >= 0.6 is 0 Å². The van der Waals surface area contributed by atoms with Gasteiger partial charge in [-0.1, -0.05) is 58.8 Å². The van der Waals surface area contributed by atoms with Gasteiger partial charge in [0.05, 0.1) is 6.61 Å². The number of amides is 3. The summed E-state index contributed by atoms with van der Waals surface area (Å²) in [5, 5.41) is 5.71. The Hall–Kier alpha value is -2.32. The number of nitrogens with zero attached hydrogens (tertiary/aromatic N) is 1. The number of fused-ring (bicyclic) bond motifs is 1. The molecule has 3 amide bonds. The lowest BCUT2D eigenvalue weighted by atomic mass is 9.87. The van der Waals surface area contributed by atoms with E-state index in [2.05, 4.69) is 10.6 Å². The van der Waals surface area contributed by atoms with Crippen molar-refractivity contribution >= 4 is 23.9 Å². The molecule has 2 saturated heterocycles. The first kappa shape index (κ1) is 30.9. The molecule has 2 heterocycles. The second-order valence-corrected chi connectivity index (χ2v) is 11.7. The monoisotopic (exact) mass is 523 g/mol. The predicted octanol–water partition coefficient (Wildman–Crippen LogP) is 4.33. The third kappa shape index (κ3) is 9.82. The normalized spacial score (nSPS) is 26.8. The summed E-state index contributed by atoms with van der Waals surface area (Å²) >= 11 is 0. The van der Waals surface area contributed by atoms with E-state index < -0.39 is 35.8 Å². The topological polar surface area (TPSA) is 114 Å². The maximum Gasteiger partial charge on any atom is 0.408 e. The Morgan fingerprint density at radius 2 is 1.59 bits per heavy atom. The average molecular weight is 524 g/mol. The summed E-state index contributed by atoms with van der Waals surface area (Å²) in [6, 6.07) is -2.22. The number of esters is 1. The second-order valence-electron chi connectivity index (χ2n) is 11.7. The van der Waals surface area contributed by atoms with Crippen LogP contribution in [0, 0.1) is 11.8 Å². The molecule has 0 bridgehead atoms. The molecule has 9 nitrogen and oxygen atoms in total. The molecule has 0 aromatic carbocycles. The van der Waals surface area contributed by atoms with E-state index in [-0.39, 0.29) is 30.3 Å². The number of alkyl carbamates (subject to hydrolysis) is 1. The van der Waals surface area contributed by atoms with Gasteiger partial charge in [0.1, 0.15) is 23.7 Å². The van der Waals surface area contributed by atoms with Crippen molar-refractivity contribution in [2.24, 2.45) is 11.8 Å². The minimum Gasteiger partial charge on any atom is -0.464 e. The van der Waals surface area contributed by atoms with E-state index >= 15 is 0 Å². The van der Waals surface area contributed by atoms with Gasteiger partial charge in [-0.05, 0) is 58.8 Å². The number of hydrogen-bond donors (Lipinski definition) is 2. The molecule has 0 unspecified atom stereocenters. The van der Waals surface area contributed by atoms with Crippen LogP contribution in [0.5, 0.6) is 0 Å². The van der Waals surface area contributed by atoms with Gasteiger partial charge in [-0.25, -0.2) is 9.59 Å². The highest BCUT2D eigenvalue weighted by Gasteiger charge is 2.45. The van der Waals surface area contributed by atoms with Crippen molar-refractivity contribution in [1.82, 2.24) is 15.5 Å². The van der Waals surface area contributed by atoms with Gasteiger partial charge in [0.15, 0.2) is 0 Å². The van der Waals surface area contributed by atoms with E-state index in [9.17, 15) is 19.2 Å². The smallest absolute Gasteiger partial charge is 0.408 e. The first-order chi connectivity index (χ1) is 17.4. The molecule has 0 aromatic rings. The molecule has 0 aromatic heterocycles. The molecule has 2 rings (SSSR count). The van der Waals surface area contributed by atoms with Crippen molar-refractivity contribution in [1.29, 1.82) is 0 Å². The third-order valence-electron chi connectivity index (χ3n) is 7.21. The van der Waals surface area contributed by atoms with Gasteiger partial charge in [-0.3, -0.25) is 9.59 Å². The molecule has 0 aliphatic carbocycles. The van der Waals surface area contributed by atoms with Crippen LogP contribution < -0.4 is 10.6 Å². The molecule has 2 aliphatic rings. The van der Waals surface area contributed by atoms with E-state index in [0.717, 1.165) is 44.9 Å². The van der Waals surface area contributed by atoms with Crippen LogP contribution in [0.2, 0.25) is 0 Å². The highest BCUT2D eigenvalue weighted by Crippen LogP contribution is 2.32. The Morgan fingerprint density at radius 1 is 1.00 bits per heavy atom. The lowest BCUT2D eigenvalue weighted by Gasteiger charge is -2.33. The third-order valence-corrected chi connectivity index (χ3v) is 7.21. The van der Waals surface area contributed by atoms with Gasteiger partial charge in [0.2, 0.25) is 11.8 Å². The van der Waals surface area contributed by atoms with Gasteiger partial charge >= 0.3 is 12.1 Å². The lowest BCUT2D eigenvalue weighted by molar-refractivity contribution is -0.149. The standard InChI is InChI=1S/C28H49N3O6/c1-7-36-26(34)22-16-14-12-10-8-9-11-13-15-21(30-27(35)37-28(4,5)6)25(33)31-18-17-20(19(2)3)23(31)24(32)29-22/h19-23H,7-18H2,1-6H3,(H,29,32)(H,30,35)/t20-,21+,22+,23+/m1/s1. The van der Waals surface area contributed by atoms with Crippen LogP contribution in [-0.2, 0) is 23.9 Å². The lowest BCUT2D eigenvalue weighted by Crippen LogP contribution is -2.57. The van der Waals surface area contributed by atoms with E-state index in [1.807, 2.05) is 13.8 Å². The summed E-state index contributed by atoms with van der Waals surface area (Å²) in [5.74, 6) is -0.914. The summed E-state index contributed by atoms with van der Waals surface area (Å²) in [5.41, 5.74) is -0.688. The van der Waals surface area contributed by atoms with Gasteiger partial charge < -0.3 is 25.0 Å². The molecule has 0 saturated carbocycles. The van der Waals surface area contributed by atoms with Gasteiger partial charge in [-0.2, -0.15) is 0 Å². The van der Waals surface area contributed by atoms with Gasteiger partial charge in [0, 0.05) is 6.54 Å². The summed E-state index contributed by atoms with van der Waals surface area (Å²) in [7, 11) is 0. The largest absolute Gasteiger partial charge is 0.464 e. The maximum absolute atomic E-state index is 13.8. The fraction of sp³-hybridized carbons (Fsp3) is 0.857. The fourth-order valence-corrected chi connectivity index (χ4v) is 5.33. The Labute approximate surface area is 222 Å². The zero-order valence-electron chi connectivity index (χ0n) is 23.8. The maximum atomic E-state index is 13.8. The number of carbonyl (C=O) groups is 4. The first-order valence-electron chi connectivity index (χ1n) is 14.2. The van der Waals surface area contributed by atoms with Crippen molar-refractivity contribution in [3.63, 3.8) is 0 Å². The zero-order valence-corrected chi connectivity index (χ0v) is 23.8. The van der Waals surface area contributed by atoms with Gasteiger partial charge in [-0.15, -0.1) is 0 Å². The van der Waals surface area contributed by atoms with Crippen molar-refractivity contribution in [2.75, 3.05) is 13.2 Å². The molecular weight excluding hydrogens is 474 g/mol. The molecule has 4 atom stereocenters. The van der Waals surface area contributed by atoms with E-state index in [0.29, 0.717) is 25.8 Å². The Balaban J connectivity index is 2.33. The van der Waals surface area contributed by atoms with Crippen molar-refractivity contribution < 1.29 is 28.7 Å². The number of ether oxygens (including phenoxy) is 2. The highest BCUT2D eigenvalue weighted by molar-refractivity contribution is 5.93. The quantitative estimate of drug-likeness (QED) is 0.531. The summed E-state index contributed by atoms with van der Waals surface area (Å²) < 4.78 is 10.7. The SMILES string of the molecule is CCOC(=O)[C@@H]1CCCCCCCCC[C@H](NC(=O)OC(C)(C)C)C(=O)N2CC[C@H](C(C)C)[C@H]2C(=O)N1. The van der Waals surface area contributed by atoms with Crippen LogP contribution in [0.1, 0.15) is 106 Å². The Bertz CT molecular complexity index is 778. The number of carbonyl (C=O) groups excluding carboxylic acids is 4. The van der Waals surface area contributed by atoms with Crippen molar-refractivity contribution in [3.05, 3.63) is 0 Å². The van der Waals surface area contributed by atoms with E-state index in [4.69, 9.17) is 9.47 Å². The molecule has 9 heteroatoms. The minimum atomic E-state index is -0.773. The number of hydrogen-bond acceptors (Lipinski definition) is 6. The molecule has 2 aliphatic heterocycles. The Morgan fingerprint density at radius 3 is 2.16 bits per heavy atom. The molecular formula is C28H49N3O6. The first-order valence-corrected chi connectivity index (χ1v) is 14.2. The van der Waals surface area contributed by atoms with Crippen LogP contribution in [0.15, 0.2) is 0 Å². The molecule has 2 N–H and O–H groups in total. The zero-order chi connectivity index (χ0) is 27.6. The van der Waals surface area contributed by atoms with Crippen molar-refractivity contribution in [2.45, 2.75) is 129 Å². The summed E-state index contributed by atoms with van der Waals surface area (Å²) in [4.78, 5) is 54.4. The highest BCUT2D eigenvalue weighted by atomic mass is 16.6. The van der Waals surface area contributed by atoms with Crippen LogP contribution in [-0.4, -0.2) is 65.7 Å². The molecule has 0 spiro atoms. The van der Waals surface area contributed by atoms with Crippen LogP contribution in [0.25, 0.3) is 0 Å². The molecule has 212 valence electrons. The Kier molecular flexibility index (Phi) is 12.2. The van der Waals surface area contributed by atoms with E-state index in [1.54, 1.807) is 32.6 Å². The fourth-order valence-electron chi connectivity index (χ4n) is 5.33. The average Bonchev–Trinajstić information content (AvgIpc) is 3.25. The number of nitrogens with one attached hydrogen (secondary N) is 2. The molecule has 2 fully saturated rings. The van der Waals surface area contributed by atoms with Crippen LogP contribution in [0.3, 0.4) is 0 Å². The summed E-state index contributed by atoms with van der Waals surface area (Å²) in [6.45, 7) is 11.8. The van der Waals surface area contributed by atoms with E-state index in [1.165, 1.54) is 0 Å². The van der Waals surface area contributed by atoms with Gasteiger partial charge in [0.25, 0.3) is 0 Å². The van der Waals surface area contributed by atoms with Crippen molar-refractivity contribution in [3.8, 4) is 0 Å². The minimum absolute atomic E-state index is 0.0483.